The fraction of sp³-hybridized carbons (Fsp3) is 0.435. The summed E-state index contributed by atoms with van der Waals surface area (Å²) in [6.45, 7) is 6.60. The smallest absolute Gasteiger partial charge is 0.243 e. The maximum Gasteiger partial charge on any atom is 0.243 e. The highest BCUT2D eigenvalue weighted by Gasteiger charge is 2.33. The van der Waals surface area contributed by atoms with Crippen LogP contribution in [0.3, 0.4) is 0 Å². The number of rotatable bonds is 6. The normalized spacial score (nSPS) is 15.9. The van der Waals surface area contributed by atoms with Crippen molar-refractivity contribution < 1.29 is 17.6 Å². The van der Waals surface area contributed by atoms with Gasteiger partial charge in [0.1, 0.15) is 5.82 Å². The van der Waals surface area contributed by atoms with Crippen molar-refractivity contribution in [2.24, 2.45) is 5.92 Å². The van der Waals surface area contributed by atoms with Crippen LogP contribution in [0.1, 0.15) is 35.1 Å². The van der Waals surface area contributed by atoms with Crippen LogP contribution in [0.25, 0.3) is 0 Å². The van der Waals surface area contributed by atoms with Gasteiger partial charge in [-0.25, -0.2) is 12.8 Å². The summed E-state index contributed by atoms with van der Waals surface area (Å²) < 4.78 is 41.5. The zero-order valence-corrected chi connectivity index (χ0v) is 18.6. The molecule has 30 heavy (non-hydrogen) atoms. The number of carbonyl (C=O) groups is 1. The summed E-state index contributed by atoms with van der Waals surface area (Å²) in [4.78, 5) is 12.8. The molecule has 2 aromatic carbocycles. The third kappa shape index (κ3) is 4.90. The summed E-state index contributed by atoms with van der Waals surface area (Å²) in [7, 11) is -3.59. The van der Waals surface area contributed by atoms with Crippen LogP contribution in [0.15, 0.2) is 41.3 Å². The summed E-state index contributed by atoms with van der Waals surface area (Å²) in [5, 5.41) is 2.86. The highest BCUT2D eigenvalue weighted by Crippen LogP contribution is 2.28. The Hall–Kier alpha value is -2.25. The fourth-order valence-electron chi connectivity index (χ4n) is 4.23. The Morgan fingerprint density at radius 3 is 2.30 bits per heavy atom. The number of aryl methyl sites for hydroxylation is 3. The zero-order chi connectivity index (χ0) is 21.9. The van der Waals surface area contributed by atoms with E-state index in [0.29, 0.717) is 49.4 Å². The minimum Gasteiger partial charge on any atom is -0.356 e. The summed E-state index contributed by atoms with van der Waals surface area (Å²) in [6, 6.07) is 10.3. The molecule has 162 valence electrons. The predicted molar refractivity (Wildman–Crippen MR) is 115 cm³/mol. The number of benzene rings is 2. The number of sulfonamides is 1. The van der Waals surface area contributed by atoms with Gasteiger partial charge >= 0.3 is 0 Å². The first-order chi connectivity index (χ1) is 14.2. The molecule has 3 rings (SSSR count). The minimum atomic E-state index is -3.59. The van der Waals surface area contributed by atoms with Crippen molar-refractivity contribution in [3.8, 4) is 0 Å². The highest BCUT2D eigenvalue weighted by molar-refractivity contribution is 7.89. The molecular weight excluding hydrogens is 403 g/mol. The Morgan fingerprint density at radius 1 is 1.10 bits per heavy atom. The van der Waals surface area contributed by atoms with Crippen LogP contribution in [0, 0.1) is 32.5 Å². The molecule has 1 aliphatic rings. The third-order valence-corrected chi connectivity index (χ3v) is 7.88. The van der Waals surface area contributed by atoms with E-state index in [9.17, 15) is 17.6 Å². The van der Waals surface area contributed by atoms with Crippen molar-refractivity contribution in [1.82, 2.24) is 9.62 Å². The maximum atomic E-state index is 13.7. The van der Waals surface area contributed by atoms with E-state index in [-0.39, 0.29) is 17.6 Å². The zero-order valence-electron chi connectivity index (χ0n) is 17.7. The van der Waals surface area contributed by atoms with E-state index >= 15 is 0 Å². The van der Waals surface area contributed by atoms with Crippen molar-refractivity contribution in [2.75, 3.05) is 19.6 Å². The molecule has 1 aliphatic heterocycles. The van der Waals surface area contributed by atoms with E-state index in [1.807, 2.05) is 32.9 Å². The van der Waals surface area contributed by atoms with Crippen LogP contribution >= 0.6 is 0 Å². The lowest BCUT2D eigenvalue weighted by Crippen LogP contribution is -2.43. The monoisotopic (exact) mass is 432 g/mol. The molecule has 7 heteroatoms. The second-order valence-corrected chi connectivity index (χ2v) is 9.91. The van der Waals surface area contributed by atoms with Gasteiger partial charge in [0.25, 0.3) is 0 Å². The number of nitrogens with one attached hydrogen (secondary N) is 1. The van der Waals surface area contributed by atoms with Gasteiger partial charge in [0.05, 0.1) is 4.90 Å². The standard InChI is InChI=1S/C23H29FN2O3S/c1-16-14-17(2)22(18(3)15-16)30(28,29)26-12-9-20(10-13-26)23(27)25-11-8-19-6-4-5-7-21(19)24/h4-7,14-15,20H,8-13H2,1-3H3,(H,25,27). The van der Waals surface area contributed by atoms with Gasteiger partial charge in [-0.2, -0.15) is 4.31 Å². The Morgan fingerprint density at radius 2 is 1.70 bits per heavy atom. The van der Waals surface area contributed by atoms with Crippen molar-refractivity contribution in [3.05, 3.63) is 64.5 Å². The maximum absolute atomic E-state index is 13.7. The Bertz CT molecular complexity index is 1010. The molecule has 1 saturated heterocycles. The number of hydrogen-bond acceptors (Lipinski definition) is 3. The van der Waals surface area contributed by atoms with E-state index < -0.39 is 10.0 Å². The van der Waals surface area contributed by atoms with E-state index in [0.717, 1.165) is 16.7 Å². The van der Waals surface area contributed by atoms with Crippen molar-refractivity contribution >= 4 is 15.9 Å². The Labute approximate surface area is 178 Å². The molecule has 0 atom stereocenters. The lowest BCUT2D eigenvalue weighted by molar-refractivity contribution is -0.126. The van der Waals surface area contributed by atoms with E-state index in [1.165, 1.54) is 10.4 Å². The molecule has 0 aliphatic carbocycles. The van der Waals surface area contributed by atoms with Gasteiger partial charge in [0, 0.05) is 25.6 Å². The number of hydrogen-bond donors (Lipinski definition) is 1. The van der Waals surface area contributed by atoms with Crippen LogP contribution in [-0.4, -0.2) is 38.3 Å². The second-order valence-electron chi connectivity index (χ2n) is 8.04. The summed E-state index contributed by atoms with van der Waals surface area (Å²) in [5.41, 5.74) is 3.11. The SMILES string of the molecule is Cc1cc(C)c(S(=O)(=O)N2CCC(C(=O)NCCc3ccccc3F)CC2)c(C)c1. The first-order valence-electron chi connectivity index (χ1n) is 10.3. The molecule has 1 amide bonds. The largest absolute Gasteiger partial charge is 0.356 e. The number of carbonyl (C=O) groups excluding carboxylic acids is 1. The van der Waals surface area contributed by atoms with Crippen LogP contribution in [0.2, 0.25) is 0 Å². The molecule has 1 heterocycles. The van der Waals surface area contributed by atoms with Crippen molar-refractivity contribution in [2.45, 2.75) is 44.9 Å². The second kappa shape index (κ2) is 9.27. The van der Waals surface area contributed by atoms with E-state index in [4.69, 9.17) is 0 Å². The molecule has 0 unspecified atom stereocenters. The topological polar surface area (TPSA) is 66.5 Å². The lowest BCUT2D eigenvalue weighted by atomic mass is 9.97. The molecule has 1 fully saturated rings. The first-order valence-corrected chi connectivity index (χ1v) is 11.7. The van der Waals surface area contributed by atoms with Gasteiger partial charge < -0.3 is 5.32 Å². The average Bonchev–Trinajstić information content (AvgIpc) is 2.68. The molecule has 0 radical (unpaired) electrons. The first kappa shape index (κ1) is 22.4. The average molecular weight is 433 g/mol. The molecule has 1 N–H and O–H groups in total. The van der Waals surface area contributed by atoms with Crippen LogP contribution < -0.4 is 5.32 Å². The van der Waals surface area contributed by atoms with Gasteiger partial charge in [-0.05, 0) is 62.8 Å². The summed E-state index contributed by atoms with van der Waals surface area (Å²) in [6.07, 6.45) is 1.39. The fourth-order valence-corrected chi connectivity index (χ4v) is 6.11. The van der Waals surface area contributed by atoms with E-state index in [2.05, 4.69) is 5.32 Å². The molecule has 2 aromatic rings. The van der Waals surface area contributed by atoms with Crippen molar-refractivity contribution in [1.29, 1.82) is 0 Å². The predicted octanol–water partition coefficient (Wildman–Crippen LogP) is 3.51. The van der Waals surface area contributed by atoms with Gasteiger partial charge in [0.15, 0.2) is 0 Å². The summed E-state index contributed by atoms with van der Waals surface area (Å²) >= 11 is 0. The van der Waals surface area contributed by atoms with E-state index in [1.54, 1.807) is 18.2 Å². The molecule has 0 aromatic heterocycles. The quantitative estimate of drug-likeness (QED) is 0.760. The molecule has 0 spiro atoms. The van der Waals surface area contributed by atoms with Gasteiger partial charge in [-0.3, -0.25) is 4.79 Å². The van der Waals surface area contributed by atoms with Crippen LogP contribution in [0.5, 0.6) is 0 Å². The van der Waals surface area contributed by atoms with Gasteiger partial charge in [0.2, 0.25) is 15.9 Å². The van der Waals surface area contributed by atoms with Crippen LogP contribution in [-0.2, 0) is 21.2 Å². The third-order valence-electron chi connectivity index (χ3n) is 5.68. The van der Waals surface area contributed by atoms with Crippen LogP contribution in [0.4, 0.5) is 4.39 Å². The molecular formula is C23H29FN2O3S. The molecule has 0 saturated carbocycles. The number of halogens is 1. The Balaban J connectivity index is 1.56. The molecule has 0 bridgehead atoms. The minimum absolute atomic E-state index is 0.0916. The lowest BCUT2D eigenvalue weighted by Gasteiger charge is -2.31. The number of amides is 1. The van der Waals surface area contributed by atoms with Gasteiger partial charge in [-0.1, -0.05) is 35.9 Å². The number of piperidine rings is 1. The molecule has 5 nitrogen and oxygen atoms in total. The van der Waals surface area contributed by atoms with Gasteiger partial charge in [-0.15, -0.1) is 0 Å². The Kier molecular flexibility index (Phi) is 6.93. The summed E-state index contributed by atoms with van der Waals surface area (Å²) in [5.74, 6) is -0.588. The van der Waals surface area contributed by atoms with Crippen molar-refractivity contribution in [3.63, 3.8) is 0 Å². The number of nitrogens with zero attached hydrogens (tertiary/aromatic N) is 1. The highest BCUT2D eigenvalue weighted by atomic mass is 32.2.